The fraction of sp³-hybridized carbons (Fsp3) is 0.286. The zero-order valence-electron chi connectivity index (χ0n) is 6.37. The maximum atomic E-state index is 11.3. The second-order valence-electron chi connectivity index (χ2n) is 2.47. The highest BCUT2D eigenvalue weighted by atomic mass is 16.1. The average Bonchev–Trinajstić information content (AvgIpc) is 2.29. The van der Waals surface area contributed by atoms with Crippen LogP contribution in [0.3, 0.4) is 0 Å². The minimum absolute atomic E-state index is 0.115. The number of fused-ring (bicyclic) bond motifs is 1. The van der Waals surface area contributed by atoms with Crippen molar-refractivity contribution in [2.75, 3.05) is 18.4 Å². The van der Waals surface area contributed by atoms with Crippen molar-refractivity contribution in [1.29, 1.82) is 0 Å². The van der Waals surface area contributed by atoms with E-state index in [0.29, 0.717) is 24.5 Å². The topological polar surface area (TPSA) is 66.9 Å². The number of hydrogen-bond acceptors (Lipinski definition) is 4. The van der Waals surface area contributed by atoms with E-state index in [1.165, 1.54) is 12.5 Å². The van der Waals surface area contributed by atoms with Gasteiger partial charge in [-0.2, -0.15) is 0 Å². The van der Waals surface area contributed by atoms with Gasteiger partial charge in [-0.15, -0.1) is 0 Å². The van der Waals surface area contributed by atoms with Crippen LogP contribution in [0.4, 0.5) is 5.82 Å². The van der Waals surface area contributed by atoms with Gasteiger partial charge in [-0.05, 0) is 0 Å². The van der Waals surface area contributed by atoms with E-state index in [-0.39, 0.29) is 5.91 Å². The Balaban J connectivity index is 2.46. The molecule has 5 nitrogen and oxygen atoms in total. The van der Waals surface area contributed by atoms with Crippen LogP contribution in [0.5, 0.6) is 0 Å². The summed E-state index contributed by atoms with van der Waals surface area (Å²) in [6.45, 7) is 1.32. The molecule has 2 rings (SSSR count). The molecule has 0 bridgehead atoms. The summed E-state index contributed by atoms with van der Waals surface area (Å²) < 4.78 is 0. The summed E-state index contributed by atoms with van der Waals surface area (Å²) in [6, 6.07) is 0. The smallest absolute Gasteiger partial charge is 0.256 e. The first-order valence-corrected chi connectivity index (χ1v) is 3.70. The highest BCUT2D eigenvalue weighted by molar-refractivity contribution is 5.98. The van der Waals surface area contributed by atoms with Gasteiger partial charge >= 0.3 is 0 Å². The van der Waals surface area contributed by atoms with Crippen LogP contribution in [0.2, 0.25) is 0 Å². The summed E-state index contributed by atoms with van der Waals surface area (Å²) in [5.41, 5.74) is 0.509. The lowest BCUT2D eigenvalue weighted by Gasteiger charge is -2.01. The van der Waals surface area contributed by atoms with Crippen molar-refractivity contribution in [1.82, 2.24) is 15.3 Å². The molecular weight excluding hydrogens is 156 g/mol. The van der Waals surface area contributed by atoms with Gasteiger partial charge < -0.3 is 10.6 Å². The van der Waals surface area contributed by atoms with Crippen molar-refractivity contribution in [3.63, 3.8) is 0 Å². The molecule has 5 heteroatoms. The second kappa shape index (κ2) is 2.77. The first kappa shape index (κ1) is 7.02. The van der Waals surface area contributed by atoms with Crippen LogP contribution in [0.15, 0.2) is 12.5 Å². The van der Waals surface area contributed by atoms with E-state index in [1.807, 2.05) is 0 Å². The molecule has 12 heavy (non-hydrogen) atoms. The van der Waals surface area contributed by atoms with Crippen molar-refractivity contribution < 1.29 is 4.79 Å². The number of anilines is 1. The van der Waals surface area contributed by atoms with Crippen molar-refractivity contribution in [3.8, 4) is 0 Å². The number of nitrogens with one attached hydrogen (secondary N) is 2. The largest absolute Gasteiger partial charge is 0.368 e. The molecule has 1 aliphatic heterocycles. The standard InChI is InChI=1S/C7H8N4O/c12-7-5-3-8-4-11-6(5)9-1-2-10-7/h3-4H,1-2H2,(H,10,12)(H,8,9,11). The van der Waals surface area contributed by atoms with Crippen molar-refractivity contribution in [3.05, 3.63) is 18.1 Å². The van der Waals surface area contributed by atoms with Gasteiger partial charge in [0.25, 0.3) is 5.91 Å². The van der Waals surface area contributed by atoms with Gasteiger partial charge in [0.1, 0.15) is 12.1 Å². The number of hydrogen-bond donors (Lipinski definition) is 2. The number of aromatic nitrogens is 2. The molecule has 0 saturated carbocycles. The van der Waals surface area contributed by atoms with Crippen LogP contribution in [-0.2, 0) is 0 Å². The predicted molar refractivity (Wildman–Crippen MR) is 42.9 cm³/mol. The monoisotopic (exact) mass is 164 g/mol. The summed E-state index contributed by atoms with van der Waals surface area (Å²) in [5, 5.41) is 5.74. The fourth-order valence-corrected chi connectivity index (χ4v) is 1.09. The Labute approximate surface area is 69.2 Å². The molecule has 0 saturated heterocycles. The third-order valence-electron chi connectivity index (χ3n) is 1.66. The van der Waals surface area contributed by atoms with Crippen molar-refractivity contribution >= 4 is 11.7 Å². The zero-order chi connectivity index (χ0) is 8.39. The van der Waals surface area contributed by atoms with Gasteiger partial charge in [0.2, 0.25) is 0 Å². The Kier molecular flexibility index (Phi) is 1.62. The van der Waals surface area contributed by atoms with Gasteiger partial charge in [-0.3, -0.25) is 4.79 Å². The van der Waals surface area contributed by atoms with Crippen molar-refractivity contribution in [2.24, 2.45) is 0 Å². The Bertz CT molecular complexity index is 312. The lowest BCUT2D eigenvalue weighted by Crippen LogP contribution is -2.24. The van der Waals surface area contributed by atoms with Crippen LogP contribution < -0.4 is 10.6 Å². The molecule has 1 aromatic rings. The lowest BCUT2D eigenvalue weighted by atomic mass is 10.3. The van der Waals surface area contributed by atoms with Crippen molar-refractivity contribution in [2.45, 2.75) is 0 Å². The molecule has 0 spiro atoms. The molecule has 1 amide bonds. The molecule has 0 fully saturated rings. The Hall–Kier alpha value is -1.65. The third kappa shape index (κ3) is 1.09. The minimum Gasteiger partial charge on any atom is -0.368 e. The van der Waals surface area contributed by atoms with E-state index in [1.54, 1.807) is 0 Å². The summed E-state index contributed by atoms with van der Waals surface area (Å²) in [6.07, 6.45) is 2.93. The van der Waals surface area contributed by atoms with E-state index in [0.717, 1.165) is 0 Å². The Morgan fingerprint density at radius 2 is 2.17 bits per heavy atom. The molecule has 0 aliphatic carbocycles. The van der Waals surface area contributed by atoms with Gasteiger partial charge in [-0.25, -0.2) is 9.97 Å². The highest BCUT2D eigenvalue weighted by Crippen LogP contribution is 2.10. The quantitative estimate of drug-likeness (QED) is 0.549. The number of amides is 1. The van der Waals surface area contributed by atoms with E-state index in [4.69, 9.17) is 0 Å². The third-order valence-corrected chi connectivity index (χ3v) is 1.66. The molecule has 0 unspecified atom stereocenters. The van der Waals surface area contributed by atoms with Crippen LogP contribution in [-0.4, -0.2) is 29.0 Å². The molecule has 1 aliphatic rings. The number of rotatable bonds is 0. The van der Waals surface area contributed by atoms with Gasteiger partial charge in [0.05, 0.1) is 5.56 Å². The first-order valence-electron chi connectivity index (χ1n) is 3.70. The molecule has 0 aromatic carbocycles. The Morgan fingerprint density at radius 3 is 3.08 bits per heavy atom. The first-order chi connectivity index (χ1) is 5.88. The predicted octanol–water partition coefficient (Wildman–Crippen LogP) is -0.368. The molecule has 62 valence electrons. The van der Waals surface area contributed by atoms with Crippen LogP contribution >= 0.6 is 0 Å². The number of carbonyl (C=O) groups excluding carboxylic acids is 1. The van der Waals surface area contributed by atoms with E-state index in [2.05, 4.69) is 20.6 Å². The second-order valence-corrected chi connectivity index (χ2v) is 2.47. The molecule has 0 radical (unpaired) electrons. The normalized spacial score (nSPS) is 15.5. The van der Waals surface area contributed by atoms with Crippen LogP contribution in [0, 0.1) is 0 Å². The fourth-order valence-electron chi connectivity index (χ4n) is 1.09. The summed E-state index contributed by atoms with van der Waals surface area (Å²) in [4.78, 5) is 19.0. The molecule has 1 aromatic heterocycles. The van der Waals surface area contributed by atoms with Gasteiger partial charge in [0.15, 0.2) is 0 Å². The minimum atomic E-state index is -0.115. The van der Waals surface area contributed by atoms with E-state index >= 15 is 0 Å². The number of carbonyl (C=O) groups is 1. The van der Waals surface area contributed by atoms with E-state index < -0.39 is 0 Å². The maximum Gasteiger partial charge on any atom is 0.256 e. The average molecular weight is 164 g/mol. The molecule has 2 N–H and O–H groups in total. The summed E-state index contributed by atoms with van der Waals surface area (Å²) in [5.74, 6) is 0.496. The zero-order valence-corrected chi connectivity index (χ0v) is 6.37. The Morgan fingerprint density at radius 1 is 1.33 bits per heavy atom. The van der Waals surface area contributed by atoms with E-state index in [9.17, 15) is 4.79 Å². The maximum absolute atomic E-state index is 11.3. The summed E-state index contributed by atoms with van der Waals surface area (Å²) in [7, 11) is 0. The van der Waals surface area contributed by atoms with Crippen LogP contribution in [0.1, 0.15) is 10.4 Å². The van der Waals surface area contributed by atoms with Gasteiger partial charge in [-0.1, -0.05) is 0 Å². The summed E-state index contributed by atoms with van der Waals surface area (Å²) >= 11 is 0. The van der Waals surface area contributed by atoms with Crippen LogP contribution in [0.25, 0.3) is 0 Å². The molecular formula is C7H8N4O. The van der Waals surface area contributed by atoms with Gasteiger partial charge in [0, 0.05) is 19.3 Å². The SMILES string of the molecule is O=C1NCCNc2ncncc21. The molecule has 2 heterocycles. The lowest BCUT2D eigenvalue weighted by molar-refractivity contribution is 0.0957. The molecule has 0 atom stereocenters. The number of nitrogens with zero attached hydrogens (tertiary/aromatic N) is 2. The highest BCUT2D eigenvalue weighted by Gasteiger charge is 2.14.